The van der Waals surface area contributed by atoms with Crippen LogP contribution in [0.4, 0.5) is 14.5 Å². The van der Waals surface area contributed by atoms with E-state index in [1.54, 1.807) is 35.1 Å². The molecule has 0 saturated carbocycles. The number of carbonyl (C=O) groups excluding carboxylic acids is 1. The molecule has 1 aliphatic heterocycles. The second-order valence-corrected chi connectivity index (χ2v) is 13.9. The van der Waals surface area contributed by atoms with Gasteiger partial charge in [0.05, 0.1) is 62.7 Å². The molecule has 1 fully saturated rings. The number of aromatic nitrogens is 7. The van der Waals surface area contributed by atoms with Crippen molar-refractivity contribution in [2.45, 2.75) is 30.7 Å². The lowest BCUT2D eigenvalue weighted by Crippen LogP contribution is -2.43. The van der Waals surface area contributed by atoms with Crippen LogP contribution in [0.2, 0.25) is 0 Å². The monoisotopic (exact) mass is 745 g/mol. The Bertz CT molecular complexity index is 2500. The molecule has 7 rings (SSSR count). The van der Waals surface area contributed by atoms with Crippen molar-refractivity contribution in [2.24, 2.45) is 7.05 Å². The SMILES string of the molecule is CCc1cn(-c2ccc(S3(Nc4cc(F)c(C(=O)N[C@@H](Cc5ccc(-n6c(=O)c7ccncc7n(C)c6=O)cn5)C(=O)O)cc4F)OCO3)cc2)nn1. The molecule has 1 amide bonds. The van der Waals surface area contributed by atoms with Crippen LogP contribution in [0.3, 0.4) is 0 Å². The molecule has 53 heavy (non-hydrogen) atoms. The Morgan fingerprint density at radius 3 is 2.40 bits per heavy atom. The molecule has 1 atom stereocenters. The Labute approximate surface area is 299 Å². The van der Waals surface area contributed by atoms with E-state index in [1.807, 2.05) is 6.92 Å². The van der Waals surface area contributed by atoms with E-state index in [9.17, 15) is 24.3 Å². The van der Waals surface area contributed by atoms with Gasteiger partial charge in [0.2, 0.25) is 0 Å². The maximum atomic E-state index is 15.4. The molecule has 19 heteroatoms. The first-order chi connectivity index (χ1) is 25.5. The van der Waals surface area contributed by atoms with Crippen LogP contribution in [0.25, 0.3) is 22.3 Å². The fraction of sp³-hybridized carbons (Fsp3) is 0.176. The minimum atomic E-state index is -2.73. The fourth-order valence-electron chi connectivity index (χ4n) is 5.54. The van der Waals surface area contributed by atoms with Crippen molar-refractivity contribution in [1.82, 2.24) is 39.4 Å². The summed E-state index contributed by atoms with van der Waals surface area (Å²) in [5.74, 6) is -4.82. The summed E-state index contributed by atoms with van der Waals surface area (Å²) < 4.78 is 48.7. The number of nitrogens with zero attached hydrogens (tertiary/aromatic N) is 7. The number of benzene rings is 2. The first-order valence-electron chi connectivity index (χ1n) is 15.9. The number of fused-ring (bicyclic) bond motifs is 1. The van der Waals surface area contributed by atoms with Gasteiger partial charge in [0.15, 0.2) is 6.79 Å². The molecule has 6 aromatic rings. The number of halogens is 2. The Balaban J connectivity index is 1.06. The van der Waals surface area contributed by atoms with E-state index in [0.717, 1.165) is 16.3 Å². The lowest BCUT2D eigenvalue weighted by atomic mass is 10.1. The molecular formula is C34H29F2N9O7S. The zero-order chi connectivity index (χ0) is 37.4. The first kappa shape index (κ1) is 35.1. The highest BCUT2D eigenvalue weighted by Crippen LogP contribution is 2.63. The van der Waals surface area contributed by atoms with Crippen molar-refractivity contribution in [3.8, 4) is 11.4 Å². The Morgan fingerprint density at radius 2 is 1.75 bits per heavy atom. The van der Waals surface area contributed by atoms with Gasteiger partial charge >= 0.3 is 11.7 Å². The van der Waals surface area contributed by atoms with E-state index in [4.69, 9.17) is 8.37 Å². The fourth-order valence-corrected chi connectivity index (χ4v) is 7.28. The molecule has 0 unspecified atom stereocenters. The van der Waals surface area contributed by atoms with Crippen molar-refractivity contribution < 1.29 is 31.8 Å². The van der Waals surface area contributed by atoms with E-state index < -0.39 is 57.1 Å². The van der Waals surface area contributed by atoms with Gasteiger partial charge in [-0.25, -0.2) is 36.0 Å². The predicted octanol–water partition coefficient (Wildman–Crippen LogP) is 3.35. The number of hydrogen-bond acceptors (Lipinski definition) is 11. The van der Waals surface area contributed by atoms with Gasteiger partial charge in [-0.3, -0.25) is 28.8 Å². The summed E-state index contributed by atoms with van der Waals surface area (Å²) in [5, 5.41) is 20.5. The summed E-state index contributed by atoms with van der Waals surface area (Å²) in [4.78, 5) is 59.9. The van der Waals surface area contributed by atoms with Crippen molar-refractivity contribution in [3.05, 3.63) is 129 Å². The number of anilines is 1. The molecule has 0 spiro atoms. The van der Waals surface area contributed by atoms with E-state index in [2.05, 4.69) is 30.3 Å². The van der Waals surface area contributed by atoms with Gasteiger partial charge in [0.1, 0.15) is 17.7 Å². The molecule has 4 aromatic heterocycles. The van der Waals surface area contributed by atoms with Crippen LogP contribution in [0.5, 0.6) is 0 Å². The van der Waals surface area contributed by atoms with Crippen LogP contribution in [-0.2, 0) is 33.1 Å². The zero-order valence-electron chi connectivity index (χ0n) is 27.9. The Kier molecular flexibility index (Phi) is 9.28. The van der Waals surface area contributed by atoms with E-state index in [-0.39, 0.29) is 35.7 Å². The first-order valence-corrected chi connectivity index (χ1v) is 17.4. The second kappa shape index (κ2) is 14.0. The van der Waals surface area contributed by atoms with E-state index >= 15 is 8.78 Å². The van der Waals surface area contributed by atoms with Crippen molar-refractivity contribution in [2.75, 3.05) is 11.5 Å². The van der Waals surface area contributed by atoms with Gasteiger partial charge in [0.25, 0.3) is 11.5 Å². The topological polar surface area (TPSA) is 197 Å². The lowest BCUT2D eigenvalue weighted by molar-refractivity contribution is -0.139. The second-order valence-electron chi connectivity index (χ2n) is 11.7. The van der Waals surface area contributed by atoms with Crippen molar-refractivity contribution >= 4 is 39.2 Å². The van der Waals surface area contributed by atoms with Crippen molar-refractivity contribution in [1.29, 1.82) is 0 Å². The van der Waals surface area contributed by atoms with E-state index in [1.165, 1.54) is 48.4 Å². The number of nitrogens with one attached hydrogen (secondary N) is 2. The normalized spacial score (nSPS) is 14.6. The number of hydrogen-bond donors (Lipinski definition) is 3. The number of aryl methyl sites for hydroxylation is 2. The molecule has 5 heterocycles. The van der Waals surface area contributed by atoms with Crippen LogP contribution in [0.15, 0.2) is 93.9 Å². The average Bonchev–Trinajstić information content (AvgIpc) is 3.63. The van der Waals surface area contributed by atoms with Crippen LogP contribution in [-0.4, -0.2) is 63.9 Å². The maximum absolute atomic E-state index is 15.4. The highest BCUT2D eigenvalue weighted by Gasteiger charge is 2.35. The molecule has 2 aromatic carbocycles. The third-order valence-electron chi connectivity index (χ3n) is 8.45. The third kappa shape index (κ3) is 6.63. The molecule has 0 aliphatic carbocycles. The minimum Gasteiger partial charge on any atom is -0.480 e. The van der Waals surface area contributed by atoms with Gasteiger partial charge in [-0.15, -0.1) is 5.10 Å². The largest absolute Gasteiger partial charge is 0.480 e. The maximum Gasteiger partial charge on any atom is 0.335 e. The summed E-state index contributed by atoms with van der Waals surface area (Å²) in [6.45, 7) is 1.86. The highest BCUT2D eigenvalue weighted by atomic mass is 32.3. The Morgan fingerprint density at radius 1 is 1.00 bits per heavy atom. The summed E-state index contributed by atoms with van der Waals surface area (Å²) >= 11 is 0. The highest BCUT2D eigenvalue weighted by molar-refractivity contribution is 8.27. The minimum absolute atomic E-state index is 0.0932. The number of carboxylic acids is 1. The quantitative estimate of drug-likeness (QED) is 0.175. The number of carbonyl (C=O) groups is 2. The smallest absolute Gasteiger partial charge is 0.335 e. The van der Waals surface area contributed by atoms with Gasteiger partial charge in [-0.05, 0) is 55.0 Å². The van der Waals surface area contributed by atoms with Crippen molar-refractivity contribution in [3.63, 3.8) is 0 Å². The van der Waals surface area contributed by atoms with Crippen LogP contribution in [0, 0.1) is 11.6 Å². The summed E-state index contributed by atoms with van der Waals surface area (Å²) in [5.41, 5.74) is -0.197. The van der Waals surface area contributed by atoms with Gasteiger partial charge in [-0.2, -0.15) is 0 Å². The number of carboxylic acid groups (broad SMARTS) is 1. The third-order valence-corrected chi connectivity index (χ3v) is 10.7. The predicted molar refractivity (Wildman–Crippen MR) is 187 cm³/mol. The molecule has 1 saturated heterocycles. The molecule has 0 bridgehead atoms. The van der Waals surface area contributed by atoms with Gasteiger partial charge < -0.3 is 10.4 Å². The van der Waals surface area contributed by atoms with Gasteiger partial charge in [0, 0.05) is 31.4 Å². The Hall–Kier alpha value is -6.31. The zero-order valence-corrected chi connectivity index (χ0v) is 28.7. The number of rotatable bonds is 11. The molecule has 272 valence electrons. The lowest BCUT2D eigenvalue weighted by Gasteiger charge is -2.50. The van der Waals surface area contributed by atoms with Crippen LogP contribution >= 0.6 is 10.8 Å². The standard InChI is InChI=1S/C34H29F2N9O7S/c1-3-19-17-44(42-40-19)21-6-8-23(9-7-21)53(51-18-52-53)41-28-14-26(35)25(13-27(28)36)31(46)39-29(33(48)49)12-20-4-5-22(15-38-20)45-32(47)24-10-11-37-16-30(24)43(2)34(45)50/h4-11,13-17,29,41H,3,12,18H2,1-2H3,(H,39,46)(H,48,49)/t29-/m0/s1. The van der Waals surface area contributed by atoms with Gasteiger partial charge in [-0.1, -0.05) is 22.9 Å². The molecule has 0 radical (unpaired) electrons. The van der Waals surface area contributed by atoms with Crippen LogP contribution in [0.1, 0.15) is 28.7 Å². The number of amides is 1. The molecule has 16 nitrogen and oxygen atoms in total. The number of aliphatic carboxylic acids is 1. The van der Waals surface area contributed by atoms with Crippen LogP contribution < -0.4 is 21.3 Å². The van der Waals surface area contributed by atoms with E-state index in [0.29, 0.717) is 28.6 Å². The molecule has 3 N–H and O–H groups in total. The summed E-state index contributed by atoms with van der Waals surface area (Å²) in [7, 11) is -1.24. The molecule has 1 aliphatic rings. The molecular weight excluding hydrogens is 716 g/mol. The number of pyridine rings is 2. The summed E-state index contributed by atoms with van der Waals surface area (Å²) in [6, 6.07) is 10.9. The summed E-state index contributed by atoms with van der Waals surface area (Å²) in [6.07, 6.45) is 6.17. The average molecular weight is 746 g/mol.